The SMILES string of the molecule is CC(=S)NCc1ccc(F)cc1. The maximum absolute atomic E-state index is 12.4. The van der Waals surface area contributed by atoms with E-state index in [1.165, 1.54) is 12.1 Å². The minimum Gasteiger partial charge on any atom is -0.376 e. The Bertz CT molecular complexity index is 268. The van der Waals surface area contributed by atoms with E-state index in [0.717, 1.165) is 10.6 Å². The van der Waals surface area contributed by atoms with Gasteiger partial charge in [-0.3, -0.25) is 0 Å². The third-order valence-corrected chi connectivity index (χ3v) is 1.60. The van der Waals surface area contributed by atoms with Crippen molar-refractivity contribution in [3.8, 4) is 0 Å². The number of hydrogen-bond acceptors (Lipinski definition) is 1. The van der Waals surface area contributed by atoms with Gasteiger partial charge in [0.15, 0.2) is 0 Å². The molecule has 1 aromatic carbocycles. The van der Waals surface area contributed by atoms with Crippen molar-refractivity contribution >= 4 is 17.2 Å². The Morgan fingerprint density at radius 1 is 1.42 bits per heavy atom. The quantitative estimate of drug-likeness (QED) is 0.706. The van der Waals surface area contributed by atoms with Crippen molar-refractivity contribution in [2.75, 3.05) is 0 Å². The normalized spacial score (nSPS) is 9.50. The molecule has 0 aliphatic heterocycles. The maximum atomic E-state index is 12.4. The van der Waals surface area contributed by atoms with Crippen LogP contribution in [0.3, 0.4) is 0 Å². The molecular formula is C9H10FNS. The largest absolute Gasteiger partial charge is 0.376 e. The Morgan fingerprint density at radius 3 is 2.50 bits per heavy atom. The van der Waals surface area contributed by atoms with Crippen LogP contribution in [-0.4, -0.2) is 4.99 Å². The third kappa shape index (κ3) is 2.96. The van der Waals surface area contributed by atoms with E-state index >= 15 is 0 Å². The Balaban J connectivity index is 2.53. The topological polar surface area (TPSA) is 12.0 Å². The van der Waals surface area contributed by atoms with Crippen molar-refractivity contribution < 1.29 is 4.39 Å². The average molecular weight is 183 g/mol. The highest BCUT2D eigenvalue weighted by atomic mass is 32.1. The van der Waals surface area contributed by atoms with Gasteiger partial charge in [0.1, 0.15) is 5.82 Å². The first kappa shape index (κ1) is 9.13. The van der Waals surface area contributed by atoms with E-state index in [4.69, 9.17) is 12.2 Å². The van der Waals surface area contributed by atoms with Gasteiger partial charge >= 0.3 is 0 Å². The van der Waals surface area contributed by atoms with Gasteiger partial charge in [-0.2, -0.15) is 0 Å². The fourth-order valence-electron chi connectivity index (χ4n) is 0.829. The molecule has 0 unspecified atom stereocenters. The molecule has 1 nitrogen and oxygen atoms in total. The molecular weight excluding hydrogens is 173 g/mol. The van der Waals surface area contributed by atoms with Gasteiger partial charge in [-0.1, -0.05) is 24.4 Å². The highest BCUT2D eigenvalue weighted by molar-refractivity contribution is 7.80. The monoisotopic (exact) mass is 183 g/mol. The number of thiocarbonyl (C=S) groups is 1. The predicted octanol–water partition coefficient (Wildman–Crippen LogP) is 2.26. The number of hydrogen-bond donors (Lipinski definition) is 1. The van der Waals surface area contributed by atoms with Gasteiger partial charge in [0, 0.05) is 6.54 Å². The van der Waals surface area contributed by atoms with Crippen LogP contribution in [0.25, 0.3) is 0 Å². The van der Waals surface area contributed by atoms with Crippen LogP contribution in [0.2, 0.25) is 0 Å². The fraction of sp³-hybridized carbons (Fsp3) is 0.222. The summed E-state index contributed by atoms with van der Waals surface area (Å²) in [5.41, 5.74) is 1.03. The number of halogens is 1. The van der Waals surface area contributed by atoms with Crippen molar-refractivity contribution in [1.82, 2.24) is 5.32 Å². The van der Waals surface area contributed by atoms with Gasteiger partial charge in [0.05, 0.1) is 4.99 Å². The molecule has 0 fully saturated rings. The lowest BCUT2D eigenvalue weighted by Crippen LogP contribution is -2.16. The van der Waals surface area contributed by atoms with E-state index in [9.17, 15) is 4.39 Å². The maximum Gasteiger partial charge on any atom is 0.123 e. The van der Waals surface area contributed by atoms with Gasteiger partial charge in [-0.05, 0) is 24.6 Å². The highest BCUT2D eigenvalue weighted by Crippen LogP contribution is 2.01. The summed E-state index contributed by atoms with van der Waals surface area (Å²) < 4.78 is 12.4. The molecule has 12 heavy (non-hydrogen) atoms. The molecule has 0 bridgehead atoms. The van der Waals surface area contributed by atoms with Crippen LogP contribution in [-0.2, 0) is 6.54 Å². The lowest BCUT2D eigenvalue weighted by molar-refractivity contribution is 0.627. The van der Waals surface area contributed by atoms with Crippen LogP contribution >= 0.6 is 12.2 Å². The molecule has 0 amide bonds. The Kier molecular flexibility index (Phi) is 3.17. The fourth-order valence-corrected chi connectivity index (χ4v) is 0.901. The molecule has 0 saturated heterocycles. The first-order valence-electron chi connectivity index (χ1n) is 3.67. The van der Waals surface area contributed by atoms with Crippen LogP contribution < -0.4 is 5.32 Å². The van der Waals surface area contributed by atoms with Crippen molar-refractivity contribution in [2.24, 2.45) is 0 Å². The molecule has 0 aliphatic carbocycles. The van der Waals surface area contributed by atoms with Gasteiger partial charge in [0.2, 0.25) is 0 Å². The van der Waals surface area contributed by atoms with E-state index in [1.54, 1.807) is 12.1 Å². The molecule has 3 heteroatoms. The molecule has 1 rings (SSSR count). The molecule has 0 saturated carbocycles. The second-order valence-corrected chi connectivity index (χ2v) is 3.15. The summed E-state index contributed by atoms with van der Waals surface area (Å²) in [6.45, 7) is 2.48. The van der Waals surface area contributed by atoms with Crippen molar-refractivity contribution in [3.05, 3.63) is 35.6 Å². The van der Waals surface area contributed by atoms with E-state index in [0.29, 0.717) is 6.54 Å². The summed E-state index contributed by atoms with van der Waals surface area (Å²) in [4.78, 5) is 0.749. The van der Waals surface area contributed by atoms with Crippen molar-refractivity contribution in [1.29, 1.82) is 0 Å². The molecule has 0 aromatic heterocycles. The molecule has 1 N–H and O–H groups in total. The molecule has 0 aliphatic rings. The Hall–Kier alpha value is -0.960. The van der Waals surface area contributed by atoms with Crippen LogP contribution in [0.15, 0.2) is 24.3 Å². The van der Waals surface area contributed by atoms with Crippen LogP contribution in [0.1, 0.15) is 12.5 Å². The van der Waals surface area contributed by atoms with Gasteiger partial charge in [0.25, 0.3) is 0 Å². The van der Waals surface area contributed by atoms with Crippen molar-refractivity contribution in [3.63, 3.8) is 0 Å². The molecule has 0 heterocycles. The first-order valence-corrected chi connectivity index (χ1v) is 4.08. The molecule has 64 valence electrons. The lowest BCUT2D eigenvalue weighted by Gasteiger charge is -2.02. The zero-order chi connectivity index (χ0) is 8.97. The standard InChI is InChI=1S/C9H10FNS/c1-7(12)11-6-8-2-4-9(10)5-3-8/h2-5H,6H2,1H3,(H,11,12). The summed E-state index contributed by atoms with van der Waals surface area (Å²) in [6, 6.07) is 6.35. The molecule has 0 radical (unpaired) electrons. The number of benzene rings is 1. The summed E-state index contributed by atoms with van der Waals surface area (Å²) in [6.07, 6.45) is 0. The van der Waals surface area contributed by atoms with Gasteiger partial charge in [-0.15, -0.1) is 0 Å². The molecule has 0 atom stereocenters. The van der Waals surface area contributed by atoms with Gasteiger partial charge < -0.3 is 5.32 Å². The van der Waals surface area contributed by atoms with Crippen LogP contribution in [0.5, 0.6) is 0 Å². The smallest absolute Gasteiger partial charge is 0.123 e. The van der Waals surface area contributed by atoms with Crippen LogP contribution in [0.4, 0.5) is 4.39 Å². The summed E-state index contributed by atoms with van der Waals surface area (Å²) in [7, 11) is 0. The number of nitrogens with one attached hydrogen (secondary N) is 1. The van der Waals surface area contributed by atoms with E-state index in [-0.39, 0.29) is 5.82 Å². The zero-order valence-electron chi connectivity index (χ0n) is 6.80. The summed E-state index contributed by atoms with van der Waals surface area (Å²) in [5, 5.41) is 2.99. The predicted molar refractivity (Wildman–Crippen MR) is 51.5 cm³/mol. The van der Waals surface area contributed by atoms with E-state index in [2.05, 4.69) is 5.32 Å². The zero-order valence-corrected chi connectivity index (χ0v) is 7.62. The second kappa shape index (κ2) is 4.16. The Morgan fingerprint density at radius 2 is 2.00 bits per heavy atom. The minimum atomic E-state index is -0.210. The lowest BCUT2D eigenvalue weighted by atomic mass is 10.2. The minimum absolute atomic E-state index is 0.210. The highest BCUT2D eigenvalue weighted by Gasteiger charge is 1.92. The number of rotatable bonds is 2. The van der Waals surface area contributed by atoms with E-state index in [1.807, 2.05) is 6.92 Å². The van der Waals surface area contributed by atoms with Crippen molar-refractivity contribution in [2.45, 2.75) is 13.5 Å². The average Bonchev–Trinajstić information content (AvgIpc) is 2.03. The summed E-state index contributed by atoms with van der Waals surface area (Å²) >= 11 is 4.84. The molecule has 0 spiro atoms. The second-order valence-electron chi connectivity index (χ2n) is 2.54. The van der Waals surface area contributed by atoms with Gasteiger partial charge in [-0.25, -0.2) is 4.39 Å². The van der Waals surface area contributed by atoms with E-state index < -0.39 is 0 Å². The molecule has 1 aromatic rings. The van der Waals surface area contributed by atoms with Crippen LogP contribution in [0, 0.1) is 5.82 Å². The summed E-state index contributed by atoms with van der Waals surface area (Å²) in [5.74, 6) is -0.210. The first-order chi connectivity index (χ1) is 5.68. The third-order valence-electron chi connectivity index (χ3n) is 1.45. The Labute approximate surface area is 76.6 Å².